The lowest BCUT2D eigenvalue weighted by molar-refractivity contribution is 0.461. The van der Waals surface area contributed by atoms with Crippen LogP contribution in [0.25, 0.3) is 16.6 Å². The summed E-state index contributed by atoms with van der Waals surface area (Å²) in [4.78, 5) is 0. The molecular weight excluding hydrogens is 284 g/mol. The van der Waals surface area contributed by atoms with E-state index in [1.54, 1.807) is 0 Å². The summed E-state index contributed by atoms with van der Waals surface area (Å²) in [6.07, 6.45) is 4.61. The molecule has 0 radical (unpaired) electrons. The standard InChI is InChI=1S/C19H22N4/c20-11-15-3-1-4-17-13-23(22-19(15)17)18-8-6-14(7-9-18)16-5-2-10-21-12-16/h1,3-4,6-9,13,16,21H,2,5,10-12,20H2/t16-/m1/s1. The van der Waals surface area contributed by atoms with Crippen molar-refractivity contribution in [2.75, 3.05) is 13.1 Å². The quantitative estimate of drug-likeness (QED) is 0.782. The molecule has 1 atom stereocenters. The maximum absolute atomic E-state index is 5.81. The summed E-state index contributed by atoms with van der Waals surface area (Å²) in [5.74, 6) is 0.637. The summed E-state index contributed by atoms with van der Waals surface area (Å²) in [5, 5.41) is 9.33. The van der Waals surface area contributed by atoms with Crippen molar-refractivity contribution in [3.8, 4) is 5.69 Å². The van der Waals surface area contributed by atoms with E-state index in [1.165, 1.54) is 18.4 Å². The van der Waals surface area contributed by atoms with E-state index < -0.39 is 0 Å². The van der Waals surface area contributed by atoms with Gasteiger partial charge in [0.15, 0.2) is 0 Å². The van der Waals surface area contributed by atoms with Crippen molar-refractivity contribution in [3.63, 3.8) is 0 Å². The van der Waals surface area contributed by atoms with E-state index in [1.807, 2.05) is 16.8 Å². The minimum absolute atomic E-state index is 0.516. The molecule has 4 rings (SSSR count). The molecule has 23 heavy (non-hydrogen) atoms. The maximum atomic E-state index is 5.81. The number of fused-ring (bicyclic) bond motifs is 1. The first kappa shape index (κ1) is 14.4. The van der Waals surface area contributed by atoms with Crippen LogP contribution in [0.1, 0.15) is 29.9 Å². The first-order valence-corrected chi connectivity index (χ1v) is 8.33. The van der Waals surface area contributed by atoms with Crippen molar-refractivity contribution in [1.82, 2.24) is 15.1 Å². The van der Waals surface area contributed by atoms with Crippen LogP contribution in [0.4, 0.5) is 0 Å². The van der Waals surface area contributed by atoms with Gasteiger partial charge in [-0.2, -0.15) is 5.10 Å². The van der Waals surface area contributed by atoms with Crippen LogP contribution in [0.3, 0.4) is 0 Å². The number of nitrogens with one attached hydrogen (secondary N) is 1. The van der Waals surface area contributed by atoms with Crippen LogP contribution in [0.2, 0.25) is 0 Å². The van der Waals surface area contributed by atoms with Gasteiger partial charge in [-0.3, -0.25) is 0 Å². The van der Waals surface area contributed by atoms with Crippen LogP contribution in [0.15, 0.2) is 48.7 Å². The second-order valence-corrected chi connectivity index (χ2v) is 6.27. The minimum atomic E-state index is 0.516. The van der Waals surface area contributed by atoms with Gasteiger partial charge in [0.2, 0.25) is 0 Å². The zero-order chi connectivity index (χ0) is 15.6. The van der Waals surface area contributed by atoms with Crippen molar-refractivity contribution in [1.29, 1.82) is 0 Å². The number of benzene rings is 2. The van der Waals surface area contributed by atoms with Crippen molar-refractivity contribution < 1.29 is 0 Å². The Morgan fingerprint density at radius 2 is 2.04 bits per heavy atom. The second-order valence-electron chi connectivity index (χ2n) is 6.27. The smallest absolute Gasteiger partial charge is 0.0972 e. The largest absolute Gasteiger partial charge is 0.326 e. The number of nitrogens with two attached hydrogens (primary N) is 1. The fourth-order valence-corrected chi connectivity index (χ4v) is 3.44. The molecule has 0 bridgehead atoms. The molecule has 1 aliphatic rings. The molecule has 1 aromatic heterocycles. The van der Waals surface area contributed by atoms with Gasteiger partial charge in [0.25, 0.3) is 0 Å². The third-order valence-electron chi connectivity index (χ3n) is 4.77. The molecule has 0 amide bonds. The monoisotopic (exact) mass is 306 g/mol. The zero-order valence-corrected chi connectivity index (χ0v) is 13.2. The average Bonchev–Trinajstić information content (AvgIpc) is 3.07. The van der Waals surface area contributed by atoms with E-state index in [0.717, 1.165) is 35.2 Å². The van der Waals surface area contributed by atoms with E-state index >= 15 is 0 Å². The fraction of sp³-hybridized carbons (Fsp3) is 0.316. The molecule has 1 aliphatic heterocycles. The number of aromatic nitrogens is 2. The highest BCUT2D eigenvalue weighted by Gasteiger charge is 2.15. The summed E-state index contributed by atoms with van der Waals surface area (Å²) < 4.78 is 1.95. The first-order valence-electron chi connectivity index (χ1n) is 8.33. The highest BCUT2D eigenvalue weighted by molar-refractivity contribution is 5.81. The molecule has 2 heterocycles. The van der Waals surface area contributed by atoms with Gasteiger partial charge in [-0.1, -0.05) is 30.3 Å². The number of piperidine rings is 1. The molecule has 4 nitrogen and oxygen atoms in total. The van der Waals surface area contributed by atoms with Crippen LogP contribution >= 0.6 is 0 Å². The highest BCUT2D eigenvalue weighted by Crippen LogP contribution is 2.25. The van der Waals surface area contributed by atoms with Gasteiger partial charge in [-0.05, 0) is 48.6 Å². The Morgan fingerprint density at radius 3 is 2.78 bits per heavy atom. The molecule has 0 saturated carbocycles. The van der Waals surface area contributed by atoms with Crippen LogP contribution in [0, 0.1) is 0 Å². The zero-order valence-electron chi connectivity index (χ0n) is 13.2. The summed E-state index contributed by atoms with van der Waals surface area (Å²) >= 11 is 0. The fourth-order valence-electron chi connectivity index (χ4n) is 3.44. The van der Waals surface area contributed by atoms with Gasteiger partial charge in [-0.15, -0.1) is 0 Å². The Labute approximate surface area is 136 Å². The molecule has 2 aromatic carbocycles. The average molecular weight is 306 g/mol. The van der Waals surface area contributed by atoms with E-state index in [-0.39, 0.29) is 0 Å². The van der Waals surface area contributed by atoms with Crippen LogP contribution in [-0.2, 0) is 6.54 Å². The Balaban J connectivity index is 1.65. The van der Waals surface area contributed by atoms with Gasteiger partial charge in [-0.25, -0.2) is 4.68 Å². The second kappa shape index (κ2) is 6.14. The molecule has 0 spiro atoms. The maximum Gasteiger partial charge on any atom is 0.0972 e. The molecule has 118 valence electrons. The Kier molecular flexibility index (Phi) is 3.85. The Bertz CT molecular complexity index is 798. The van der Waals surface area contributed by atoms with Gasteiger partial charge in [0, 0.05) is 24.7 Å². The van der Waals surface area contributed by atoms with Crippen molar-refractivity contribution >= 4 is 10.9 Å². The lowest BCUT2D eigenvalue weighted by Crippen LogP contribution is -2.28. The minimum Gasteiger partial charge on any atom is -0.326 e. The SMILES string of the molecule is NCc1cccc2cn(-c3ccc([C@@H]4CCCNC4)cc3)nc12. The molecule has 3 aromatic rings. The number of hydrogen-bond donors (Lipinski definition) is 2. The van der Waals surface area contributed by atoms with Gasteiger partial charge < -0.3 is 11.1 Å². The number of rotatable bonds is 3. The van der Waals surface area contributed by atoms with Crippen molar-refractivity contribution in [3.05, 3.63) is 59.8 Å². The summed E-state index contributed by atoms with van der Waals surface area (Å²) in [6.45, 7) is 2.75. The van der Waals surface area contributed by atoms with E-state index in [2.05, 4.69) is 41.8 Å². The number of hydrogen-bond acceptors (Lipinski definition) is 3. The Morgan fingerprint density at radius 1 is 1.17 bits per heavy atom. The van der Waals surface area contributed by atoms with Gasteiger partial charge in [0.05, 0.1) is 11.2 Å². The molecular formula is C19H22N4. The normalized spacial score (nSPS) is 18.4. The third-order valence-corrected chi connectivity index (χ3v) is 4.77. The molecule has 0 aliphatic carbocycles. The van der Waals surface area contributed by atoms with E-state index in [9.17, 15) is 0 Å². The third kappa shape index (κ3) is 2.76. The molecule has 4 heteroatoms. The highest BCUT2D eigenvalue weighted by atomic mass is 15.3. The lowest BCUT2D eigenvalue weighted by atomic mass is 9.92. The summed E-state index contributed by atoms with van der Waals surface area (Å²) in [6, 6.07) is 15.0. The first-order chi connectivity index (χ1) is 11.3. The van der Waals surface area contributed by atoms with Crippen LogP contribution in [-0.4, -0.2) is 22.9 Å². The van der Waals surface area contributed by atoms with E-state index in [0.29, 0.717) is 12.5 Å². The van der Waals surface area contributed by atoms with Crippen molar-refractivity contribution in [2.45, 2.75) is 25.3 Å². The number of nitrogens with zero attached hydrogens (tertiary/aromatic N) is 2. The van der Waals surface area contributed by atoms with Crippen molar-refractivity contribution in [2.24, 2.45) is 5.73 Å². The van der Waals surface area contributed by atoms with E-state index in [4.69, 9.17) is 10.8 Å². The predicted molar refractivity (Wildman–Crippen MR) is 93.8 cm³/mol. The Hall–Kier alpha value is -2.17. The molecule has 3 N–H and O–H groups in total. The summed E-state index contributed by atoms with van der Waals surface area (Å²) in [5.41, 5.74) is 10.4. The molecule has 1 fully saturated rings. The topological polar surface area (TPSA) is 55.9 Å². The predicted octanol–water partition coefficient (Wildman–Crippen LogP) is 2.95. The van der Waals surface area contributed by atoms with Crippen LogP contribution < -0.4 is 11.1 Å². The summed E-state index contributed by atoms with van der Waals surface area (Å²) in [7, 11) is 0. The molecule has 1 saturated heterocycles. The van der Waals surface area contributed by atoms with Gasteiger partial charge in [0.1, 0.15) is 0 Å². The molecule has 0 unspecified atom stereocenters. The lowest BCUT2D eigenvalue weighted by Gasteiger charge is -2.23. The van der Waals surface area contributed by atoms with Crippen LogP contribution in [0.5, 0.6) is 0 Å². The van der Waals surface area contributed by atoms with Gasteiger partial charge >= 0.3 is 0 Å².